The molecule has 1 aliphatic carbocycles. The molecule has 1 saturated carbocycles. The van der Waals surface area contributed by atoms with E-state index in [0.29, 0.717) is 19.5 Å². The number of nitrogens with zero attached hydrogens (tertiary/aromatic N) is 3. The smallest absolute Gasteiger partial charge is 0.237 e. The molecule has 136 valence electrons. The standard InChI is InChI=1S/C20H28FN3O/c1-16(12-13-22)23(2)15-20(25)24(19-6-4-3-5-7-19)14-17-8-10-18(21)11-9-17/h8-11,16,19H,3-7,12,14-15H2,1-2H3. The predicted molar refractivity (Wildman–Crippen MR) is 96.1 cm³/mol. The second kappa shape index (κ2) is 9.53. The summed E-state index contributed by atoms with van der Waals surface area (Å²) in [6, 6.07) is 8.85. The van der Waals surface area contributed by atoms with Crippen LogP contribution in [-0.2, 0) is 11.3 Å². The normalized spacial score (nSPS) is 16.4. The van der Waals surface area contributed by atoms with Gasteiger partial charge in [-0.1, -0.05) is 31.4 Å². The largest absolute Gasteiger partial charge is 0.334 e. The number of benzene rings is 1. The lowest BCUT2D eigenvalue weighted by atomic mass is 9.93. The number of carbonyl (C=O) groups is 1. The summed E-state index contributed by atoms with van der Waals surface area (Å²) in [5.41, 5.74) is 0.952. The summed E-state index contributed by atoms with van der Waals surface area (Å²) in [5.74, 6) is -0.173. The molecule has 1 atom stereocenters. The van der Waals surface area contributed by atoms with Crippen LogP contribution in [-0.4, -0.2) is 41.4 Å². The van der Waals surface area contributed by atoms with Crippen molar-refractivity contribution < 1.29 is 9.18 Å². The minimum absolute atomic E-state index is 0.0491. The molecule has 4 nitrogen and oxygen atoms in total. The molecule has 1 aromatic carbocycles. The van der Waals surface area contributed by atoms with Crippen LogP contribution in [0.5, 0.6) is 0 Å². The second-order valence-corrected chi connectivity index (χ2v) is 7.07. The van der Waals surface area contributed by atoms with Crippen molar-refractivity contribution in [1.82, 2.24) is 9.80 Å². The average Bonchev–Trinajstić information content (AvgIpc) is 2.62. The number of likely N-dealkylation sites (N-methyl/N-ethyl adjacent to an activating group) is 1. The highest BCUT2D eigenvalue weighted by Gasteiger charge is 2.27. The predicted octanol–water partition coefficient (Wildman–Crippen LogP) is 3.72. The molecule has 1 unspecified atom stereocenters. The van der Waals surface area contributed by atoms with Gasteiger partial charge in [-0.3, -0.25) is 9.69 Å². The van der Waals surface area contributed by atoms with Gasteiger partial charge in [-0.05, 0) is 44.5 Å². The van der Waals surface area contributed by atoms with Gasteiger partial charge in [0.15, 0.2) is 0 Å². The van der Waals surface area contributed by atoms with Gasteiger partial charge in [-0.2, -0.15) is 5.26 Å². The van der Waals surface area contributed by atoms with Crippen LogP contribution in [0.2, 0.25) is 0 Å². The maximum atomic E-state index is 13.2. The number of carbonyl (C=O) groups excluding carboxylic acids is 1. The Morgan fingerprint density at radius 3 is 2.52 bits per heavy atom. The molecule has 0 N–H and O–H groups in total. The van der Waals surface area contributed by atoms with E-state index in [1.165, 1.54) is 18.6 Å². The molecule has 25 heavy (non-hydrogen) atoms. The van der Waals surface area contributed by atoms with E-state index in [1.807, 2.05) is 23.8 Å². The first-order valence-electron chi connectivity index (χ1n) is 9.12. The number of hydrogen-bond donors (Lipinski definition) is 0. The van der Waals surface area contributed by atoms with Crippen molar-refractivity contribution >= 4 is 5.91 Å². The van der Waals surface area contributed by atoms with Crippen molar-refractivity contribution in [1.29, 1.82) is 5.26 Å². The van der Waals surface area contributed by atoms with Crippen molar-refractivity contribution in [2.24, 2.45) is 0 Å². The third kappa shape index (κ3) is 5.82. The topological polar surface area (TPSA) is 47.3 Å². The first-order valence-corrected chi connectivity index (χ1v) is 9.12. The fourth-order valence-electron chi connectivity index (χ4n) is 3.35. The van der Waals surface area contributed by atoms with Gasteiger partial charge >= 0.3 is 0 Å². The van der Waals surface area contributed by atoms with Gasteiger partial charge in [0, 0.05) is 18.6 Å². The summed E-state index contributed by atoms with van der Waals surface area (Å²) in [5, 5.41) is 8.85. The van der Waals surface area contributed by atoms with Crippen LogP contribution in [0.4, 0.5) is 4.39 Å². The molecule has 1 amide bonds. The zero-order chi connectivity index (χ0) is 18.2. The van der Waals surface area contributed by atoms with Crippen LogP contribution >= 0.6 is 0 Å². The van der Waals surface area contributed by atoms with Crippen molar-refractivity contribution in [3.63, 3.8) is 0 Å². The Kier molecular flexibility index (Phi) is 7.39. The molecular weight excluding hydrogens is 317 g/mol. The molecule has 0 spiro atoms. The molecule has 0 heterocycles. The molecule has 2 rings (SSSR count). The van der Waals surface area contributed by atoms with Gasteiger partial charge in [0.2, 0.25) is 5.91 Å². The number of nitriles is 1. The molecule has 0 saturated heterocycles. The van der Waals surface area contributed by atoms with Crippen LogP contribution in [0.25, 0.3) is 0 Å². The summed E-state index contributed by atoms with van der Waals surface area (Å²) in [6.45, 7) is 2.78. The fourth-order valence-corrected chi connectivity index (χ4v) is 3.35. The molecule has 0 aliphatic heterocycles. The summed E-state index contributed by atoms with van der Waals surface area (Å²) < 4.78 is 13.2. The SMILES string of the molecule is CC(CC#N)N(C)CC(=O)N(Cc1ccc(F)cc1)C1CCCCC1. The van der Waals surface area contributed by atoms with E-state index in [-0.39, 0.29) is 23.8 Å². The molecule has 5 heteroatoms. The first-order chi connectivity index (χ1) is 12.0. The third-order valence-electron chi connectivity index (χ3n) is 5.13. The summed E-state index contributed by atoms with van der Waals surface area (Å²) in [7, 11) is 1.89. The molecule has 0 aromatic heterocycles. The van der Waals surface area contributed by atoms with E-state index in [0.717, 1.165) is 31.2 Å². The summed E-state index contributed by atoms with van der Waals surface area (Å²) in [4.78, 5) is 16.9. The maximum absolute atomic E-state index is 13.2. The lowest BCUT2D eigenvalue weighted by Gasteiger charge is -2.36. The molecule has 0 radical (unpaired) electrons. The van der Waals surface area contributed by atoms with Gasteiger partial charge < -0.3 is 4.90 Å². The van der Waals surface area contributed by atoms with Crippen molar-refractivity contribution in [3.05, 3.63) is 35.6 Å². The highest BCUT2D eigenvalue weighted by molar-refractivity contribution is 5.78. The van der Waals surface area contributed by atoms with Crippen molar-refractivity contribution in [2.45, 2.75) is 64.1 Å². The zero-order valence-corrected chi connectivity index (χ0v) is 15.2. The van der Waals surface area contributed by atoms with E-state index >= 15 is 0 Å². The molecule has 1 aromatic rings. The lowest BCUT2D eigenvalue weighted by Crippen LogP contribution is -2.46. The number of rotatable bonds is 7. The monoisotopic (exact) mass is 345 g/mol. The van der Waals surface area contributed by atoms with Gasteiger partial charge in [0.1, 0.15) is 5.82 Å². The quantitative estimate of drug-likeness (QED) is 0.757. The number of hydrogen-bond acceptors (Lipinski definition) is 3. The number of amides is 1. The average molecular weight is 345 g/mol. The Labute approximate surface area is 150 Å². The number of halogens is 1. The Morgan fingerprint density at radius 1 is 1.28 bits per heavy atom. The van der Waals surface area contributed by atoms with Crippen molar-refractivity contribution in [3.8, 4) is 6.07 Å². The third-order valence-corrected chi connectivity index (χ3v) is 5.13. The van der Waals surface area contributed by atoms with E-state index in [2.05, 4.69) is 6.07 Å². The Morgan fingerprint density at radius 2 is 1.92 bits per heavy atom. The lowest BCUT2D eigenvalue weighted by molar-refractivity contribution is -0.136. The molecule has 1 aliphatic rings. The van der Waals surface area contributed by atoms with E-state index in [4.69, 9.17) is 5.26 Å². The van der Waals surface area contributed by atoms with Crippen LogP contribution in [0.15, 0.2) is 24.3 Å². The summed E-state index contributed by atoms with van der Waals surface area (Å²) in [6.07, 6.45) is 6.01. The van der Waals surface area contributed by atoms with Gasteiger partial charge in [-0.25, -0.2) is 4.39 Å². The van der Waals surface area contributed by atoms with E-state index < -0.39 is 0 Å². The minimum atomic E-state index is -0.260. The molecule has 0 bridgehead atoms. The fraction of sp³-hybridized carbons (Fsp3) is 0.600. The van der Waals surface area contributed by atoms with Gasteiger partial charge in [0.05, 0.1) is 19.0 Å². The van der Waals surface area contributed by atoms with Crippen LogP contribution in [0.1, 0.15) is 51.0 Å². The first kappa shape index (κ1) is 19.4. The molecule has 1 fully saturated rings. The highest BCUT2D eigenvalue weighted by atomic mass is 19.1. The van der Waals surface area contributed by atoms with E-state index in [9.17, 15) is 9.18 Å². The van der Waals surface area contributed by atoms with E-state index in [1.54, 1.807) is 12.1 Å². The van der Waals surface area contributed by atoms with Crippen LogP contribution in [0, 0.1) is 17.1 Å². The Balaban J connectivity index is 2.08. The zero-order valence-electron chi connectivity index (χ0n) is 15.2. The summed E-state index contributed by atoms with van der Waals surface area (Å²) >= 11 is 0. The molecular formula is C20H28FN3O. The van der Waals surface area contributed by atoms with Crippen molar-refractivity contribution in [2.75, 3.05) is 13.6 Å². The second-order valence-electron chi connectivity index (χ2n) is 7.07. The van der Waals surface area contributed by atoms with Gasteiger partial charge in [0.25, 0.3) is 0 Å². The minimum Gasteiger partial charge on any atom is -0.334 e. The highest BCUT2D eigenvalue weighted by Crippen LogP contribution is 2.24. The Hall–Kier alpha value is -1.93. The Bertz CT molecular complexity index is 590. The van der Waals surface area contributed by atoms with Gasteiger partial charge in [-0.15, -0.1) is 0 Å². The van der Waals surface area contributed by atoms with Crippen LogP contribution in [0.3, 0.4) is 0 Å². The van der Waals surface area contributed by atoms with Crippen LogP contribution < -0.4 is 0 Å². The maximum Gasteiger partial charge on any atom is 0.237 e.